The molecule has 0 saturated heterocycles. The van der Waals surface area contributed by atoms with Gasteiger partial charge >= 0.3 is 6.16 Å². The van der Waals surface area contributed by atoms with Crippen molar-refractivity contribution in [3.63, 3.8) is 0 Å². The second kappa shape index (κ2) is 4.84. The number of carbonyl (C=O) groups is 2. The summed E-state index contributed by atoms with van der Waals surface area (Å²) in [5.74, 6) is 0.0132. The highest BCUT2D eigenvalue weighted by Gasteiger charge is 2.26. The molecule has 0 spiro atoms. The predicted molar refractivity (Wildman–Crippen MR) is 45.4 cm³/mol. The lowest BCUT2D eigenvalue weighted by atomic mass is 9.96. The van der Waals surface area contributed by atoms with E-state index >= 15 is 0 Å². The first-order valence-electron chi connectivity index (χ1n) is 4.60. The Morgan fingerprint density at radius 1 is 1.54 bits per heavy atom. The van der Waals surface area contributed by atoms with E-state index in [4.69, 9.17) is 4.74 Å². The average Bonchev–Trinajstić information content (AvgIpc) is 2.09. The van der Waals surface area contributed by atoms with Crippen molar-refractivity contribution < 1.29 is 19.1 Å². The summed E-state index contributed by atoms with van der Waals surface area (Å²) in [6.45, 7) is 1.98. The summed E-state index contributed by atoms with van der Waals surface area (Å²) in [6.07, 6.45) is 1.70. The van der Waals surface area contributed by atoms with E-state index in [2.05, 4.69) is 4.74 Å². The summed E-state index contributed by atoms with van der Waals surface area (Å²) in [7, 11) is 0. The van der Waals surface area contributed by atoms with Crippen molar-refractivity contribution in [2.24, 2.45) is 0 Å². The summed E-state index contributed by atoms with van der Waals surface area (Å²) >= 11 is 0. The molecule has 0 aromatic rings. The van der Waals surface area contributed by atoms with Crippen molar-refractivity contribution >= 4 is 11.9 Å². The molecule has 0 N–H and O–H groups in total. The summed E-state index contributed by atoms with van der Waals surface area (Å²) in [6, 6.07) is 0. The summed E-state index contributed by atoms with van der Waals surface area (Å²) in [5, 5.41) is 0. The molecule has 0 aromatic heterocycles. The minimum atomic E-state index is -0.734. The predicted octanol–water partition coefficient (Wildman–Crippen LogP) is 1.67. The monoisotopic (exact) mass is 186 g/mol. The first-order valence-corrected chi connectivity index (χ1v) is 4.60. The fourth-order valence-corrected chi connectivity index (χ4v) is 1.34. The van der Waals surface area contributed by atoms with E-state index in [1.807, 2.05) is 0 Å². The number of carbonyl (C=O) groups excluding carboxylic acids is 2. The molecule has 0 aromatic carbocycles. The largest absolute Gasteiger partial charge is 0.508 e. The minimum Gasteiger partial charge on any atom is -0.435 e. The molecule has 0 amide bonds. The quantitative estimate of drug-likeness (QED) is 0.615. The van der Waals surface area contributed by atoms with Gasteiger partial charge in [0.2, 0.25) is 0 Å². The molecule has 1 aliphatic rings. The van der Waals surface area contributed by atoms with E-state index in [0.717, 1.165) is 12.8 Å². The van der Waals surface area contributed by atoms with Crippen LogP contribution in [0.4, 0.5) is 4.79 Å². The lowest BCUT2D eigenvalue weighted by Crippen LogP contribution is -2.30. The molecule has 74 valence electrons. The number of hydrogen-bond donors (Lipinski definition) is 0. The van der Waals surface area contributed by atoms with Gasteiger partial charge in [0.05, 0.1) is 6.61 Å². The Labute approximate surface area is 77.2 Å². The van der Waals surface area contributed by atoms with Gasteiger partial charge in [-0.05, 0) is 26.2 Å². The minimum absolute atomic E-state index is 0.0132. The summed E-state index contributed by atoms with van der Waals surface area (Å²) in [4.78, 5) is 22.1. The van der Waals surface area contributed by atoms with Crippen LogP contribution < -0.4 is 0 Å². The van der Waals surface area contributed by atoms with Crippen molar-refractivity contribution in [2.75, 3.05) is 6.61 Å². The van der Waals surface area contributed by atoms with E-state index in [1.165, 1.54) is 0 Å². The Bertz CT molecular complexity index is 200. The normalized spacial score (nSPS) is 22.5. The number of Topliss-reactive ketones (excluding diaryl/α,β-unsaturated/α-hetero) is 1. The van der Waals surface area contributed by atoms with Crippen LogP contribution in [-0.4, -0.2) is 24.6 Å². The van der Waals surface area contributed by atoms with Crippen LogP contribution in [0.5, 0.6) is 0 Å². The van der Waals surface area contributed by atoms with Crippen LogP contribution in [0.15, 0.2) is 0 Å². The highest BCUT2D eigenvalue weighted by molar-refractivity contribution is 5.85. The van der Waals surface area contributed by atoms with E-state index in [0.29, 0.717) is 12.8 Å². The molecule has 0 heterocycles. The Hall–Kier alpha value is -1.06. The molecule has 1 fully saturated rings. The molecule has 4 nitrogen and oxygen atoms in total. The maximum Gasteiger partial charge on any atom is 0.508 e. The molecule has 1 aliphatic carbocycles. The third kappa shape index (κ3) is 3.05. The van der Waals surface area contributed by atoms with Crippen molar-refractivity contribution in [2.45, 2.75) is 38.7 Å². The van der Waals surface area contributed by atoms with Crippen LogP contribution in [-0.2, 0) is 14.3 Å². The molecule has 4 heteroatoms. The van der Waals surface area contributed by atoms with Crippen molar-refractivity contribution in [1.82, 2.24) is 0 Å². The molecule has 1 rings (SSSR count). The van der Waals surface area contributed by atoms with E-state index < -0.39 is 12.3 Å². The summed E-state index contributed by atoms with van der Waals surface area (Å²) < 4.78 is 9.41. The number of rotatable bonds is 2. The standard InChI is InChI=1S/C9H14O4/c1-2-12-9(11)13-8-6-4-3-5-7(8)10/h8H,2-6H2,1H3. The van der Waals surface area contributed by atoms with Crippen molar-refractivity contribution in [1.29, 1.82) is 0 Å². The van der Waals surface area contributed by atoms with Gasteiger partial charge in [-0.1, -0.05) is 0 Å². The molecule has 0 aliphatic heterocycles. The lowest BCUT2D eigenvalue weighted by Gasteiger charge is -2.19. The van der Waals surface area contributed by atoms with Crippen LogP contribution in [0.3, 0.4) is 0 Å². The first kappa shape index (κ1) is 10.0. The maximum absolute atomic E-state index is 11.2. The van der Waals surface area contributed by atoms with Crippen LogP contribution in [0.1, 0.15) is 32.6 Å². The van der Waals surface area contributed by atoms with Gasteiger partial charge in [0.15, 0.2) is 11.9 Å². The van der Waals surface area contributed by atoms with Crippen molar-refractivity contribution in [3.05, 3.63) is 0 Å². The molecule has 1 unspecified atom stereocenters. The highest BCUT2D eigenvalue weighted by Crippen LogP contribution is 2.17. The third-order valence-corrected chi connectivity index (χ3v) is 2.00. The molecule has 1 atom stereocenters. The molecular formula is C9H14O4. The van der Waals surface area contributed by atoms with Gasteiger partial charge < -0.3 is 9.47 Å². The fraction of sp³-hybridized carbons (Fsp3) is 0.778. The Balaban J connectivity index is 2.33. The topological polar surface area (TPSA) is 52.6 Å². The van der Waals surface area contributed by atoms with Crippen molar-refractivity contribution in [3.8, 4) is 0 Å². The Morgan fingerprint density at radius 3 is 2.92 bits per heavy atom. The zero-order chi connectivity index (χ0) is 9.68. The second-order valence-electron chi connectivity index (χ2n) is 3.00. The van der Waals surface area contributed by atoms with Crippen LogP contribution >= 0.6 is 0 Å². The van der Waals surface area contributed by atoms with Crippen LogP contribution in [0.2, 0.25) is 0 Å². The van der Waals surface area contributed by atoms with Gasteiger partial charge in [0.25, 0.3) is 0 Å². The van der Waals surface area contributed by atoms with Gasteiger partial charge in [-0.2, -0.15) is 0 Å². The van der Waals surface area contributed by atoms with E-state index in [-0.39, 0.29) is 12.4 Å². The van der Waals surface area contributed by atoms with Gasteiger partial charge in [0, 0.05) is 6.42 Å². The Morgan fingerprint density at radius 2 is 2.31 bits per heavy atom. The Kier molecular flexibility index (Phi) is 3.73. The van der Waals surface area contributed by atoms with Gasteiger partial charge in [-0.3, -0.25) is 4.79 Å². The second-order valence-corrected chi connectivity index (χ2v) is 3.00. The number of hydrogen-bond acceptors (Lipinski definition) is 4. The zero-order valence-corrected chi connectivity index (χ0v) is 7.75. The van der Waals surface area contributed by atoms with Gasteiger partial charge in [-0.25, -0.2) is 4.79 Å². The smallest absolute Gasteiger partial charge is 0.435 e. The number of ether oxygens (including phenoxy) is 2. The van der Waals surface area contributed by atoms with Crippen LogP contribution in [0.25, 0.3) is 0 Å². The lowest BCUT2D eigenvalue weighted by molar-refractivity contribution is -0.131. The average molecular weight is 186 g/mol. The molecular weight excluding hydrogens is 172 g/mol. The van der Waals surface area contributed by atoms with Crippen LogP contribution in [0, 0.1) is 0 Å². The van der Waals surface area contributed by atoms with Gasteiger partial charge in [0.1, 0.15) is 0 Å². The molecule has 13 heavy (non-hydrogen) atoms. The highest BCUT2D eigenvalue weighted by atomic mass is 16.7. The summed E-state index contributed by atoms with van der Waals surface area (Å²) in [5.41, 5.74) is 0. The molecule has 0 bridgehead atoms. The zero-order valence-electron chi connectivity index (χ0n) is 7.75. The third-order valence-electron chi connectivity index (χ3n) is 2.00. The SMILES string of the molecule is CCOC(=O)OC1CCCCC1=O. The molecule has 0 radical (unpaired) electrons. The van der Waals surface area contributed by atoms with E-state index in [9.17, 15) is 9.59 Å². The van der Waals surface area contributed by atoms with Gasteiger partial charge in [-0.15, -0.1) is 0 Å². The maximum atomic E-state index is 11.2. The first-order chi connectivity index (χ1) is 6.24. The van der Waals surface area contributed by atoms with E-state index in [1.54, 1.807) is 6.92 Å². The number of ketones is 1. The molecule has 1 saturated carbocycles. The fourth-order valence-electron chi connectivity index (χ4n) is 1.34.